The number of hydrogen-bond donors (Lipinski definition) is 2. The molecule has 3 rings (SSSR count). The molecule has 0 bridgehead atoms. The molecule has 0 unspecified atom stereocenters. The van der Waals surface area contributed by atoms with Crippen molar-refractivity contribution >= 4 is 46.2 Å². The zero-order valence-electron chi connectivity index (χ0n) is 12.7. The van der Waals surface area contributed by atoms with Gasteiger partial charge in [0.05, 0.1) is 5.69 Å². The first kappa shape index (κ1) is 16.4. The fourth-order valence-corrected chi connectivity index (χ4v) is 2.51. The summed E-state index contributed by atoms with van der Waals surface area (Å²) in [6.07, 6.45) is 0. The molecule has 0 aromatic heterocycles. The van der Waals surface area contributed by atoms with E-state index in [0.717, 1.165) is 17.1 Å². The van der Waals surface area contributed by atoms with Gasteiger partial charge in [0, 0.05) is 21.4 Å². The summed E-state index contributed by atoms with van der Waals surface area (Å²) in [4.78, 5) is 4.62. The lowest BCUT2D eigenvalue weighted by molar-refractivity contribution is 1.45. The largest absolute Gasteiger partial charge is 0.326 e. The van der Waals surface area contributed by atoms with Crippen LogP contribution in [-0.4, -0.2) is 5.96 Å². The van der Waals surface area contributed by atoms with Crippen molar-refractivity contribution in [3.8, 4) is 0 Å². The third-order valence-electron chi connectivity index (χ3n) is 3.17. The quantitative estimate of drug-likeness (QED) is 0.433. The molecule has 3 aromatic carbocycles. The zero-order valence-corrected chi connectivity index (χ0v) is 14.2. The van der Waals surface area contributed by atoms with Crippen LogP contribution in [0, 0.1) is 0 Å². The molecular formula is C19H15Cl2N3. The maximum atomic E-state index is 6.05. The summed E-state index contributed by atoms with van der Waals surface area (Å²) >= 11 is 12.1. The van der Waals surface area contributed by atoms with Crippen LogP contribution in [0.4, 0.5) is 17.1 Å². The van der Waals surface area contributed by atoms with Crippen LogP contribution in [0.15, 0.2) is 83.9 Å². The second-order valence-corrected chi connectivity index (χ2v) is 5.94. The molecule has 24 heavy (non-hydrogen) atoms. The van der Waals surface area contributed by atoms with Crippen LogP contribution in [0.1, 0.15) is 0 Å². The molecule has 3 aromatic rings. The second kappa shape index (κ2) is 7.86. The molecule has 2 N–H and O–H groups in total. The Morgan fingerprint density at radius 2 is 1.21 bits per heavy atom. The molecule has 0 heterocycles. The summed E-state index contributed by atoms with van der Waals surface area (Å²) in [5.74, 6) is 0.575. The lowest BCUT2D eigenvalue weighted by Crippen LogP contribution is -2.21. The highest BCUT2D eigenvalue weighted by Crippen LogP contribution is 2.19. The highest BCUT2D eigenvalue weighted by molar-refractivity contribution is 6.31. The lowest BCUT2D eigenvalue weighted by Gasteiger charge is -2.13. The summed E-state index contributed by atoms with van der Waals surface area (Å²) in [6.45, 7) is 0. The van der Waals surface area contributed by atoms with Crippen molar-refractivity contribution in [2.45, 2.75) is 0 Å². The van der Waals surface area contributed by atoms with E-state index in [4.69, 9.17) is 23.2 Å². The Bertz CT molecular complexity index is 798. The highest BCUT2D eigenvalue weighted by atomic mass is 35.5. The van der Waals surface area contributed by atoms with Crippen molar-refractivity contribution in [2.24, 2.45) is 4.99 Å². The van der Waals surface area contributed by atoms with Gasteiger partial charge < -0.3 is 10.6 Å². The van der Waals surface area contributed by atoms with E-state index in [1.54, 1.807) is 0 Å². The molecule has 0 atom stereocenters. The summed E-state index contributed by atoms with van der Waals surface area (Å²) in [5.41, 5.74) is 2.51. The van der Waals surface area contributed by atoms with Gasteiger partial charge in [-0.2, -0.15) is 0 Å². The summed E-state index contributed by atoms with van der Waals surface area (Å²) in [6, 6.07) is 24.6. The molecule has 0 saturated heterocycles. The van der Waals surface area contributed by atoms with E-state index in [0.29, 0.717) is 16.0 Å². The summed E-state index contributed by atoms with van der Waals surface area (Å²) in [5, 5.41) is 7.80. The fourth-order valence-electron chi connectivity index (χ4n) is 2.12. The standard InChI is InChI=1S/C19H15Cl2N3/c20-14-6-4-10-17(12-14)23-19(22-16-8-2-1-3-9-16)24-18-11-5-7-15(21)13-18/h1-13H,(H2,22,23,24). The minimum absolute atomic E-state index is 0.575. The Morgan fingerprint density at radius 1 is 0.667 bits per heavy atom. The molecule has 0 fully saturated rings. The molecule has 3 nitrogen and oxygen atoms in total. The van der Waals surface area contributed by atoms with Gasteiger partial charge in [-0.1, -0.05) is 53.5 Å². The molecule has 120 valence electrons. The molecule has 0 aliphatic carbocycles. The number of nitrogens with one attached hydrogen (secondary N) is 2. The van der Waals surface area contributed by atoms with Crippen molar-refractivity contribution in [1.82, 2.24) is 0 Å². The smallest absolute Gasteiger partial charge is 0.205 e. The molecule has 0 saturated carbocycles. The van der Waals surface area contributed by atoms with Crippen LogP contribution in [0.2, 0.25) is 10.0 Å². The van der Waals surface area contributed by atoms with E-state index in [-0.39, 0.29) is 0 Å². The third-order valence-corrected chi connectivity index (χ3v) is 3.64. The predicted octanol–water partition coefficient (Wildman–Crippen LogP) is 6.21. The van der Waals surface area contributed by atoms with Crippen LogP contribution in [-0.2, 0) is 0 Å². The lowest BCUT2D eigenvalue weighted by atomic mass is 10.3. The number of benzene rings is 3. The zero-order chi connectivity index (χ0) is 16.8. The van der Waals surface area contributed by atoms with Crippen molar-refractivity contribution in [1.29, 1.82) is 0 Å². The Labute approximate surface area is 151 Å². The third kappa shape index (κ3) is 4.75. The monoisotopic (exact) mass is 355 g/mol. The number of para-hydroxylation sites is 1. The normalized spacial score (nSPS) is 10.1. The predicted molar refractivity (Wildman–Crippen MR) is 104 cm³/mol. The van der Waals surface area contributed by atoms with Crippen molar-refractivity contribution in [2.75, 3.05) is 10.6 Å². The van der Waals surface area contributed by atoms with Crippen molar-refractivity contribution in [3.63, 3.8) is 0 Å². The van der Waals surface area contributed by atoms with E-state index in [2.05, 4.69) is 15.6 Å². The molecule has 0 aliphatic heterocycles. The molecule has 5 heteroatoms. The minimum Gasteiger partial charge on any atom is -0.326 e. The van der Waals surface area contributed by atoms with Crippen molar-refractivity contribution < 1.29 is 0 Å². The first-order chi connectivity index (χ1) is 11.7. The Kier molecular flexibility index (Phi) is 5.36. The molecular weight excluding hydrogens is 341 g/mol. The Balaban J connectivity index is 1.90. The van der Waals surface area contributed by atoms with Crippen LogP contribution in [0.3, 0.4) is 0 Å². The summed E-state index contributed by atoms with van der Waals surface area (Å²) in [7, 11) is 0. The molecule has 0 radical (unpaired) electrons. The number of guanidine groups is 1. The SMILES string of the molecule is Clc1cccc(NC(=Nc2ccccc2)Nc2cccc(Cl)c2)c1. The van der Waals surface area contributed by atoms with E-state index < -0.39 is 0 Å². The summed E-state index contributed by atoms with van der Waals surface area (Å²) < 4.78 is 0. The highest BCUT2D eigenvalue weighted by Gasteiger charge is 2.03. The average molecular weight is 356 g/mol. The maximum absolute atomic E-state index is 6.05. The molecule has 0 amide bonds. The second-order valence-electron chi connectivity index (χ2n) is 5.07. The van der Waals surface area contributed by atoms with Gasteiger partial charge in [0.2, 0.25) is 5.96 Å². The molecule has 0 aliphatic rings. The first-order valence-corrected chi connectivity index (χ1v) is 8.13. The fraction of sp³-hybridized carbons (Fsp3) is 0. The van der Waals surface area contributed by atoms with Crippen molar-refractivity contribution in [3.05, 3.63) is 88.9 Å². The van der Waals surface area contributed by atoms with Gasteiger partial charge in [-0.15, -0.1) is 0 Å². The van der Waals surface area contributed by atoms with Gasteiger partial charge >= 0.3 is 0 Å². The number of aliphatic imine (C=N–C) groups is 1. The topological polar surface area (TPSA) is 36.4 Å². The van der Waals surface area contributed by atoms with E-state index in [1.165, 1.54) is 0 Å². The Morgan fingerprint density at radius 3 is 1.71 bits per heavy atom. The number of hydrogen-bond acceptors (Lipinski definition) is 1. The number of rotatable bonds is 3. The van der Waals surface area contributed by atoms with E-state index in [9.17, 15) is 0 Å². The van der Waals surface area contributed by atoms with E-state index in [1.807, 2.05) is 78.9 Å². The van der Waals surface area contributed by atoms with Crippen LogP contribution < -0.4 is 10.6 Å². The van der Waals surface area contributed by atoms with E-state index >= 15 is 0 Å². The average Bonchev–Trinajstić information content (AvgIpc) is 2.56. The van der Waals surface area contributed by atoms with Gasteiger partial charge in [0.15, 0.2) is 0 Å². The maximum Gasteiger partial charge on any atom is 0.205 e. The van der Waals surface area contributed by atoms with Gasteiger partial charge in [-0.25, -0.2) is 4.99 Å². The van der Waals surface area contributed by atoms with Crippen LogP contribution in [0.25, 0.3) is 0 Å². The minimum atomic E-state index is 0.575. The van der Waals surface area contributed by atoms with Crippen LogP contribution in [0.5, 0.6) is 0 Å². The number of anilines is 2. The number of nitrogens with zero attached hydrogens (tertiary/aromatic N) is 1. The van der Waals surface area contributed by atoms with Gasteiger partial charge in [0.1, 0.15) is 0 Å². The van der Waals surface area contributed by atoms with Gasteiger partial charge in [0.25, 0.3) is 0 Å². The Hall–Kier alpha value is -2.49. The number of halogens is 2. The first-order valence-electron chi connectivity index (χ1n) is 7.38. The van der Waals surface area contributed by atoms with Crippen LogP contribution >= 0.6 is 23.2 Å². The van der Waals surface area contributed by atoms with Gasteiger partial charge in [-0.3, -0.25) is 0 Å². The molecule has 0 spiro atoms. The van der Waals surface area contributed by atoms with Gasteiger partial charge in [-0.05, 0) is 48.5 Å².